The van der Waals surface area contributed by atoms with Crippen molar-refractivity contribution in [3.05, 3.63) is 23.9 Å². The topological polar surface area (TPSA) is 88.5 Å². The van der Waals surface area contributed by atoms with Crippen LogP contribution in [0.4, 0.5) is 13.2 Å². The summed E-state index contributed by atoms with van der Waals surface area (Å²) in [5.74, 6) is -2.76. The molecule has 1 heterocycles. The van der Waals surface area contributed by atoms with E-state index in [0.29, 0.717) is 0 Å². The summed E-state index contributed by atoms with van der Waals surface area (Å²) in [5, 5.41) is 11.2. The highest BCUT2D eigenvalue weighted by Gasteiger charge is 2.29. The van der Waals surface area contributed by atoms with Crippen LogP contribution in [0.3, 0.4) is 0 Å². The Labute approximate surface area is 124 Å². The van der Waals surface area contributed by atoms with Gasteiger partial charge in [-0.25, -0.2) is 9.78 Å². The highest BCUT2D eigenvalue weighted by Crippen LogP contribution is 2.17. The molecule has 1 aromatic heterocycles. The Morgan fingerprint density at radius 1 is 1.36 bits per heavy atom. The lowest BCUT2D eigenvalue weighted by atomic mass is 10.0. The molecule has 6 nitrogen and oxygen atoms in total. The van der Waals surface area contributed by atoms with E-state index in [-0.39, 0.29) is 17.5 Å². The number of carbonyl (C=O) groups is 2. The standard InChI is InChI=1S/C13H15F3N2O4/c1-7(2)10(12(20)21)18-11(19)8-4-3-5-9(17-8)22-6-13(14,15)16/h3-5,7,10H,6H2,1-2H3,(H,18,19)(H,20,21)/t10-/m1/s1. The fraction of sp³-hybridized carbons (Fsp3) is 0.462. The van der Waals surface area contributed by atoms with Crippen molar-refractivity contribution in [2.45, 2.75) is 26.1 Å². The maximum atomic E-state index is 12.1. The third-order valence-corrected chi connectivity index (χ3v) is 2.56. The normalized spacial score (nSPS) is 12.8. The van der Waals surface area contributed by atoms with Gasteiger partial charge in [-0.15, -0.1) is 0 Å². The van der Waals surface area contributed by atoms with E-state index in [1.807, 2.05) is 0 Å². The predicted molar refractivity (Wildman–Crippen MR) is 69.5 cm³/mol. The fourth-order valence-electron chi connectivity index (χ4n) is 1.51. The minimum absolute atomic E-state index is 0.230. The average Bonchev–Trinajstić information content (AvgIpc) is 2.41. The molecule has 0 bridgehead atoms. The van der Waals surface area contributed by atoms with Gasteiger partial charge in [0.15, 0.2) is 6.61 Å². The molecule has 0 aromatic carbocycles. The smallest absolute Gasteiger partial charge is 0.422 e. The van der Waals surface area contributed by atoms with Gasteiger partial charge in [0.2, 0.25) is 5.88 Å². The number of hydrogen-bond donors (Lipinski definition) is 2. The Morgan fingerprint density at radius 3 is 2.50 bits per heavy atom. The number of alkyl halides is 3. The number of nitrogens with one attached hydrogen (secondary N) is 1. The Hall–Kier alpha value is -2.32. The third-order valence-electron chi connectivity index (χ3n) is 2.56. The average molecular weight is 320 g/mol. The molecule has 0 unspecified atom stereocenters. The number of carboxylic acids is 1. The minimum Gasteiger partial charge on any atom is -0.480 e. The van der Waals surface area contributed by atoms with E-state index in [4.69, 9.17) is 5.11 Å². The van der Waals surface area contributed by atoms with Crippen LogP contribution in [0.1, 0.15) is 24.3 Å². The van der Waals surface area contributed by atoms with E-state index in [0.717, 1.165) is 0 Å². The first-order valence-electron chi connectivity index (χ1n) is 6.30. The maximum absolute atomic E-state index is 12.1. The van der Waals surface area contributed by atoms with E-state index in [1.54, 1.807) is 13.8 Å². The molecule has 1 amide bonds. The van der Waals surface area contributed by atoms with Crippen molar-refractivity contribution < 1.29 is 32.6 Å². The van der Waals surface area contributed by atoms with E-state index in [2.05, 4.69) is 15.0 Å². The van der Waals surface area contributed by atoms with Gasteiger partial charge < -0.3 is 15.2 Å². The van der Waals surface area contributed by atoms with Crippen LogP contribution in [0.2, 0.25) is 0 Å². The van der Waals surface area contributed by atoms with Crippen LogP contribution in [0.25, 0.3) is 0 Å². The van der Waals surface area contributed by atoms with Gasteiger partial charge in [-0.1, -0.05) is 19.9 Å². The second kappa shape index (κ2) is 7.10. The quantitative estimate of drug-likeness (QED) is 0.835. The Bertz CT molecular complexity index is 546. The molecule has 0 fully saturated rings. The SMILES string of the molecule is CC(C)[C@@H](NC(=O)c1cccc(OCC(F)(F)F)n1)C(=O)O. The molecule has 22 heavy (non-hydrogen) atoms. The molecule has 122 valence electrons. The van der Waals surface area contributed by atoms with Crippen LogP contribution in [0.5, 0.6) is 5.88 Å². The predicted octanol–water partition coefficient (Wildman–Crippen LogP) is 1.86. The van der Waals surface area contributed by atoms with Crippen molar-refractivity contribution in [3.8, 4) is 5.88 Å². The number of amides is 1. The summed E-state index contributed by atoms with van der Waals surface area (Å²) in [6, 6.07) is 2.57. The summed E-state index contributed by atoms with van der Waals surface area (Å²) >= 11 is 0. The molecule has 0 aliphatic carbocycles. The number of carboxylic acid groups (broad SMARTS) is 1. The van der Waals surface area contributed by atoms with Crippen LogP contribution in [-0.4, -0.2) is 40.8 Å². The lowest BCUT2D eigenvalue weighted by Crippen LogP contribution is -2.44. The molecule has 0 aliphatic rings. The Morgan fingerprint density at radius 2 is 2.00 bits per heavy atom. The highest BCUT2D eigenvalue weighted by molar-refractivity contribution is 5.95. The number of pyridine rings is 1. The van der Waals surface area contributed by atoms with Gasteiger partial charge in [-0.3, -0.25) is 4.79 Å². The molecule has 0 aliphatic heterocycles. The summed E-state index contributed by atoms with van der Waals surface area (Å²) in [5.41, 5.74) is -0.230. The number of nitrogens with zero attached hydrogens (tertiary/aromatic N) is 1. The second-order valence-corrected chi connectivity index (χ2v) is 4.80. The van der Waals surface area contributed by atoms with Gasteiger partial charge >= 0.3 is 12.1 Å². The summed E-state index contributed by atoms with van der Waals surface area (Å²) in [6.45, 7) is 1.68. The lowest BCUT2D eigenvalue weighted by molar-refractivity contribution is -0.154. The third kappa shape index (κ3) is 5.58. The number of aromatic nitrogens is 1. The van der Waals surface area contributed by atoms with Crippen molar-refractivity contribution in [2.24, 2.45) is 5.92 Å². The van der Waals surface area contributed by atoms with Crippen molar-refractivity contribution in [1.29, 1.82) is 0 Å². The van der Waals surface area contributed by atoms with Crippen molar-refractivity contribution in [3.63, 3.8) is 0 Å². The number of rotatable bonds is 6. The van der Waals surface area contributed by atoms with Crippen molar-refractivity contribution in [2.75, 3.05) is 6.61 Å². The molecule has 0 spiro atoms. The Balaban J connectivity index is 2.80. The van der Waals surface area contributed by atoms with Crippen molar-refractivity contribution >= 4 is 11.9 Å². The van der Waals surface area contributed by atoms with Crippen LogP contribution in [0, 0.1) is 5.92 Å². The van der Waals surface area contributed by atoms with Gasteiger partial charge in [-0.05, 0) is 12.0 Å². The molecule has 1 rings (SSSR count). The number of hydrogen-bond acceptors (Lipinski definition) is 4. The molecular weight excluding hydrogens is 305 g/mol. The number of ether oxygens (including phenoxy) is 1. The van der Waals surface area contributed by atoms with Crippen LogP contribution < -0.4 is 10.1 Å². The number of halogens is 3. The molecule has 0 saturated heterocycles. The lowest BCUT2D eigenvalue weighted by Gasteiger charge is -2.17. The Kier molecular flexibility index (Phi) is 5.72. The molecular formula is C13H15F3N2O4. The summed E-state index contributed by atoms with van der Waals surface area (Å²) in [4.78, 5) is 26.5. The maximum Gasteiger partial charge on any atom is 0.422 e. The van der Waals surface area contributed by atoms with Gasteiger partial charge in [-0.2, -0.15) is 13.2 Å². The van der Waals surface area contributed by atoms with E-state index < -0.39 is 30.7 Å². The van der Waals surface area contributed by atoms with Gasteiger partial charge in [0, 0.05) is 6.07 Å². The van der Waals surface area contributed by atoms with Crippen LogP contribution >= 0.6 is 0 Å². The van der Waals surface area contributed by atoms with Gasteiger partial charge in [0.1, 0.15) is 11.7 Å². The van der Waals surface area contributed by atoms with E-state index in [9.17, 15) is 22.8 Å². The summed E-state index contributed by atoms with van der Waals surface area (Å²) < 4.78 is 40.6. The second-order valence-electron chi connectivity index (χ2n) is 4.80. The van der Waals surface area contributed by atoms with Crippen molar-refractivity contribution in [1.82, 2.24) is 10.3 Å². The molecule has 2 N–H and O–H groups in total. The first kappa shape index (κ1) is 17.7. The molecule has 0 radical (unpaired) electrons. The monoisotopic (exact) mass is 320 g/mol. The van der Waals surface area contributed by atoms with E-state index in [1.165, 1.54) is 18.2 Å². The van der Waals surface area contributed by atoms with E-state index >= 15 is 0 Å². The van der Waals surface area contributed by atoms with Crippen LogP contribution in [-0.2, 0) is 4.79 Å². The zero-order valence-corrected chi connectivity index (χ0v) is 11.8. The zero-order chi connectivity index (χ0) is 16.9. The van der Waals surface area contributed by atoms with Gasteiger partial charge in [0.25, 0.3) is 5.91 Å². The largest absolute Gasteiger partial charge is 0.480 e. The molecule has 0 saturated carbocycles. The summed E-state index contributed by atoms with van der Waals surface area (Å²) in [7, 11) is 0. The number of carbonyl (C=O) groups excluding carboxylic acids is 1. The first-order valence-corrected chi connectivity index (χ1v) is 6.30. The number of aliphatic carboxylic acids is 1. The zero-order valence-electron chi connectivity index (χ0n) is 11.8. The van der Waals surface area contributed by atoms with Gasteiger partial charge in [0.05, 0.1) is 0 Å². The molecule has 1 aromatic rings. The molecule has 1 atom stereocenters. The first-order chi connectivity index (χ1) is 10.1. The minimum atomic E-state index is -4.52. The summed E-state index contributed by atoms with van der Waals surface area (Å²) in [6.07, 6.45) is -4.52. The van der Waals surface area contributed by atoms with Crippen LogP contribution in [0.15, 0.2) is 18.2 Å². The highest BCUT2D eigenvalue weighted by atomic mass is 19.4. The fourth-order valence-corrected chi connectivity index (χ4v) is 1.51. The molecule has 9 heteroatoms.